The zero-order valence-electron chi connectivity index (χ0n) is 19.5. The Morgan fingerprint density at radius 3 is 2.76 bits per heavy atom. The second-order valence-corrected chi connectivity index (χ2v) is 10.0. The molecule has 176 valence electrons. The topological polar surface area (TPSA) is 85.2 Å². The lowest BCUT2D eigenvalue weighted by atomic mass is 9.61. The summed E-state index contributed by atoms with van der Waals surface area (Å²) >= 11 is 0. The largest absolute Gasteiger partial charge is 0.337 e. The summed E-state index contributed by atoms with van der Waals surface area (Å²) in [6, 6.07) is 19.4. The number of nitrogens with zero attached hydrogens (tertiary/aromatic N) is 2. The molecule has 1 saturated carbocycles. The maximum atomic E-state index is 13.0. The van der Waals surface area contributed by atoms with Crippen molar-refractivity contribution in [3.63, 3.8) is 0 Å². The lowest BCUT2D eigenvalue weighted by Crippen LogP contribution is -2.61. The summed E-state index contributed by atoms with van der Waals surface area (Å²) in [7, 11) is 0. The molecule has 2 saturated heterocycles. The summed E-state index contributed by atoms with van der Waals surface area (Å²) in [6.45, 7) is 0.876. The fourth-order valence-electron chi connectivity index (χ4n) is 6.85. The molecule has 2 N–H and O–H groups in total. The molecule has 4 atom stereocenters. The van der Waals surface area contributed by atoms with Gasteiger partial charge >= 0.3 is 6.03 Å². The average Bonchev–Trinajstić information content (AvgIpc) is 3.22. The van der Waals surface area contributed by atoms with Crippen molar-refractivity contribution in [3.8, 4) is 6.07 Å². The fourth-order valence-corrected chi connectivity index (χ4v) is 6.85. The molecule has 1 aliphatic carbocycles. The van der Waals surface area contributed by atoms with E-state index in [1.54, 1.807) is 24.3 Å². The van der Waals surface area contributed by atoms with Crippen molar-refractivity contribution in [2.45, 2.75) is 62.9 Å². The molecule has 34 heavy (non-hydrogen) atoms. The fraction of sp³-hybridized carbons (Fsp3) is 0.464. The number of hydrogen-bond acceptors (Lipinski definition) is 3. The molecule has 3 aliphatic rings. The summed E-state index contributed by atoms with van der Waals surface area (Å²) in [5, 5.41) is 15.4. The molecule has 0 aromatic heterocycles. The van der Waals surface area contributed by atoms with E-state index >= 15 is 0 Å². The summed E-state index contributed by atoms with van der Waals surface area (Å²) in [6.07, 6.45) is 7.46. The van der Waals surface area contributed by atoms with Crippen LogP contribution in [-0.4, -0.2) is 35.0 Å². The van der Waals surface area contributed by atoms with Crippen LogP contribution in [0.2, 0.25) is 0 Å². The number of nitriles is 1. The molecule has 1 unspecified atom stereocenters. The second-order valence-electron chi connectivity index (χ2n) is 10.0. The van der Waals surface area contributed by atoms with Gasteiger partial charge in [0.1, 0.15) is 0 Å². The Kier molecular flexibility index (Phi) is 6.28. The van der Waals surface area contributed by atoms with Gasteiger partial charge < -0.3 is 15.5 Å². The number of amides is 3. The highest BCUT2D eigenvalue weighted by molar-refractivity contribution is 5.89. The Morgan fingerprint density at radius 2 is 1.94 bits per heavy atom. The van der Waals surface area contributed by atoms with Gasteiger partial charge in [0.15, 0.2) is 0 Å². The molecule has 0 bridgehead atoms. The van der Waals surface area contributed by atoms with E-state index < -0.39 is 0 Å². The van der Waals surface area contributed by atoms with Gasteiger partial charge in [-0.05, 0) is 80.5 Å². The third-order valence-corrected chi connectivity index (χ3v) is 8.23. The summed E-state index contributed by atoms with van der Waals surface area (Å²) in [5.41, 5.74) is 2.36. The number of carbonyl (C=O) groups is 2. The Bertz CT molecular complexity index is 1100. The molecule has 2 heterocycles. The predicted molar refractivity (Wildman–Crippen MR) is 131 cm³/mol. The van der Waals surface area contributed by atoms with Crippen LogP contribution < -0.4 is 10.6 Å². The number of hydrogen-bond donors (Lipinski definition) is 2. The maximum Gasteiger partial charge on any atom is 0.319 e. The third kappa shape index (κ3) is 4.27. The first kappa shape index (κ1) is 22.5. The predicted octanol–water partition coefficient (Wildman–Crippen LogP) is 4.86. The average molecular weight is 457 g/mol. The highest BCUT2D eigenvalue weighted by Gasteiger charge is 2.56. The van der Waals surface area contributed by atoms with Crippen LogP contribution in [0, 0.1) is 23.2 Å². The van der Waals surface area contributed by atoms with E-state index in [1.807, 2.05) is 6.07 Å². The quantitative estimate of drug-likeness (QED) is 0.689. The first-order valence-electron chi connectivity index (χ1n) is 12.5. The standard InChI is InChI=1S/C28H32N4O2/c29-19-21-9-4-10-22(17-21)30-27(34)31-25-13-15-28-14-6-16-32(28)26(33)12-5-11-24(28)23(25)18-20-7-2-1-3-8-20/h1-4,7-10,17,23-25H,5-6,11-16,18H2,(H2,30,31,34)/t23?,24-,25-,28+/m0/s1. The Labute approximate surface area is 201 Å². The Morgan fingerprint density at radius 1 is 1.09 bits per heavy atom. The van der Waals surface area contributed by atoms with Crippen LogP contribution in [0.15, 0.2) is 54.6 Å². The molecule has 2 aliphatic heterocycles. The van der Waals surface area contributed by atoms with Crippen molar-refractivity contribution in [1.82, 2.24) is 10.2 Å². The van der Waals surface area contributed by atoms with Gasteiger partial charge in [-0.15, -0.1) is 0 Å². The van der Waals surface area contributed by atoms with Crippen LogP contribution in [0.5, 0.6) is 0 Å². The monoisotopic (exact) mass is 456 g/mol. The van der Waals surface area contributed by atoms with Crippen molar-refractivity contribution in [2.24, 2.45) is 11.8 Å². The highest BCUT2D eigenvalue weighted by atomic mass is 16.2. The van der Waals surface area contributed by atoms with Crippen molar-refractivity contribution >= 4 is 17.6 Å². The zero-order chi connectivity index (χ0) is 23.5. The number of rotatable bonds is 4. The van der Waals surface area contributed by atoms with E-state index in [-0.39, 0.29) is 23.5 Å². The minimum absolute atomic E-state index is 0.0330. The van der Waals surface area contributed by atoms with Gasteiger partial charge in [-0.2, -0.15) is 5.26 Å². The Hall–Kier alpha value is -3.33. The smallest absolute Gasteiger partial charge is 0.319 e. The number of nitrogens with one attached hydrogen (secondary N) is 2. The molecule has 6 heteroatoms. The molecule has 3 amide bonds. The van der Waals surface area contributed by atoms with Crippen molar-refractivity contribution in [2.75, 3.05) is 11.9 Å². The van der Waals surface area contributed by atoms with E-state index in [1.165, 1.54) is 5.56 Å². The minimum Gasteiger partial charge on any atom is -0.337 e. The number of carbonyl (C=O) groups excluding carboxylic acids is 2. The lowest BCUT2D eigenvalue weighted by molar-refractivity contribution is -0.138. The number of benzene rings is 2. The molecule has 5 rings (SSSR count). The minimum atomic E-state index is -0.234. The van der Waals surface area contributed by atoms with E-state index in [2.05, 4.69) is 45.9 Å². The van der Waals surface area contributed by atoms with Crippen LogP contribution in [0.1, 0.15) is 56.1 Å². The van der Waals surface area contributed by atoms with Gasteiger partial charge in [-0.25, -0.2) is 4.79 Å². The zero-order valence-corrected chi connectivity index (χ0v) is 19.5. The number of anilines is 1. The van der Waals surface area contributed by atoms with Gasteiger partial charge in [0.05, 0.1) is 11.6 Å². The Balaban J connectivity index is 1.40. The molecular weight excluding hydrogens is 424 g/mol. The molecular formula is C28H32N4O2. The van der Waals surface area contributed by atoms with Gasteiger partial charge in [-0.1, -0.05) is 36.4 Å². The second kappa shape index (κ2) is 9.50. The first-order valence-corrected chi connectivity index (χ1v) is 12.5. The summed E-state index contributed by atoms with van der Waals surface area (Å²) in [5.74, 6) is 0.960. The van der Waals surface area contributed by atoms with Crippen LogP contribution in [-0.2, 0) is 11.2 Å². The van der Waals surface area contributed by atoms with Crippen LogP contribution in [0.4, 0.5) is 10.5 Å². The number of urea groups is 1. The summed E-state index contributed by atoms with van der Waals surface area (Å²) in [4.78, 5) is 28.2. The normalized spacial score (nSPS) is 28.3. The molecule has 1 spiro atoms. The van der Waals surface area contributed by atoms with Gasteiger partial charge in [-0.3, -0.25) is 4.79 Å². The molecule has 3 fully saturated rings. The molecule has 6 nitrogen and oxygen atoms in total. The van der Waals surface area contributed by atoms with Crippen LogP contribution in [0.3, 0.4) is 0 Å². The first-order chi connectivity index (χ1) is 16.6. The van der Waals surface area contributed by atoms with Gasteiger partial charge in [0.2, 0.25) is 5.91 Å². The molecule has 0 radical (unpaired) electrons. The molecule has 2 aromatic rings. The van der Waals surface area contributed by atoms with Gasteiger partial charge in [0, 0.05) is 30.2 Å². The third-order valence-electron chi connectivity index (χ3n) is 8.23. The van der Waals surface area contributed by atoms with Crippen LogP contribution in [0.25, 0.3) is 0 Å². The van der Waals surface area contributed by atoms with Crippen molar-refractivity contribution in [3.05, 3.63) is 65.7 Å². The van der Waals surface area contributed by atoms with E-state index in [4.69, 9.17) is 5.26 Å². The highest BCUT2D eigenvalue weighted by Crippen LogP contribution is 2.52. The van der Waals surface area contributed by atoms with Crippen molar-refractivity contribution in [1.29, 1.82) is 5.26 Å². The SMILES string of the molecule is N#Cc1cccc(NC(=O)N[C@H]2CC[C@@]34CCCN3C(=O)CCC[C@H]4C2Cc2ccccc2)c1. The van der Waals surface area contributed by atoms with Crippen molar-refractivity contribution < 1.29 is 9.59 Å². The van der Waals surface area contributed by atoms with E-state index in [0.29, 0.717) is 29.5 Å². The van der Waals surface area contributed by atoms with E-state index in [9.17, 15) is 9.59 Å². The maximum absolute atomic E-state index is 13.0. The van der Waals surface area contributed by atoms with Gasteiger partial charge in [0.25, 0.3) is 0 Å². The summed E-state index contributed by atoms with van der Waals surface area (Å²) < 4.78 is 0. The van der Waals surface area contributed by atoms with Crippen LogP contribution >= 0.6 is 0 Å². The molecule has 2 aromatic carbocycles. The lowest BCUT2D eigenvalue weighted by Gasteiger charge is -2.53. The van der Waals surface area contributed by atoms with E-state index in [0.717, 1.165) is 51.5 Å².